The van der Waals surface area contributed by atoms with Crippen LogP contribution in [0.15, 0.2) is 97.1 Å². The molecule has 1 heterocycles. The number of ether oxygens (including phenoxy) is 1. The van der Waals surface area contributed by atoms with E-state index in [1.807, 2.05) is 0 Å². The third kappa shape index (κ3) is 6.58. The van der Waals surface area contributed by atoms with Gasteiger partial charge in [-0.25, -0.2) is 9.59 Å². The Morgan fingerprint density at radius 2 is 1.49 bits per heavy atom. The second kappa shape index (κ2) is 12.5. The van der Waals surface area contributed by atoms with Crippen LogP contribution in [-0.4, -0.2) is 42.4 Å². The lowest BCUT2D eigenvalue weighted by Gasteiger charge is -2.37. The van der Waals surface area contributed by atoms with Crippen molar-refractivity contribution >= 4 is 11.9 Å². The first-order valence-electron chi connectivity index (χ1n) is 11.6. The summed E-state index contributed by atoms with van der Waals surface area (Å²) in [6, 6.07) is 30.3. The largest absolute Gasteiger partial charge is 0.492 e. The van der Waals surface area contributed by atoms with Crippen molar-refractivity contribution in [1.82, 2.24) is 5.32 Å². The van der Waals surface area contributed by atoms with Gasteiger partial charge in [-0.15, -0.1) is 0 Å². The molecule has 3 aromatic carbocycles. The highest BCUT2D eigenvalue weighted by atomic mass is 16.5. The highest BCUT2D eigenvalue weighted by Crippen LogP contribution is 2.49. The van der Waals surface area contributed by atoms with Crippen molar-refractivity contribution in [3.8, 4) is 5.75 Å². The Balaban J connectivity index is 0.000000371. The van der Waals surface area contributed by atoms with Gasteiger partial charge in [0.2, 0.25) is 0 Å². The van der Waals surface area contributed by atoms with Crippen molar-refractivity contribution in [2.75, 3.05) is 20.2 Å². The number of fused-ring (bicyclic) bond motifs is 1. The average Bonchev–Trinajstić information content (AvgIpc) is 3.27. The van der Waals surface area contributed by atoms with E-state index in [1.54, 1.807) is 0 Å². The Hall–Kier alpha value is -3.90. The summed E-state index contributed by atoms with van der Waals surface area (Å²) in [7, 11) is 2.05. The van der Waals surface area contributed by atoms with Crippen molar-refractivity contribution in [2.24, 2.45) is 5.92 Å². The molecular weight excluding hydrogens is 442 g/mol. The number of carbonyl (C=O) groups is 2. The standard InChI is InChI=1S/C25H27NO.C4H4O4/c1-26-18-22(17-16-20-10-4-2-5-11-20)25(21-12-6-3-7-13-21)19-27-24-15-9-8-14-23(24)25;5-3(6)1-2-4(7)8/h2-15,22,26H,16-19H2,1H3;1-2H,(H,5,6)(H,7,8). The predicted octanol–water partition coefficient (Wildman–Crippen LogP) is 4.55. The van der Waals surface area contributed by atoms with Crippen LogP contribution in [0.3, 0.4) is 0 Å². The number of hydrogen-bond donors (Lipinski definition) is 3. The summed E-state index contributed by atoms with van der Waals surface area (Å²) in [5, 5.41) is 19.1. The molecule has 1 aliphatic rings. The number of aryl methyl sites for hydroxylation is 1. The SMILES string of the molecule is CNCC(CCc1ccccc1)C1(c2ccccc2)COc2ccccc21.O=C(O)C=CC(=O)O. The van der Waals surface area contributed by atoms with Crippen LogP contribution in [0.2, 0.25) is 0 Å². The van der Waals surface area contributed by atoms with Crippen molar-refractivity contribution in [1.29, 1.82) is 0 Å². The third-order valence-electron chi connectivity index (χ3n) is 6.25. The molecular formula is C29H31NO5. The van der Waals surface area contributed by atoms with E-state index in [4.69, 9.17) is 14.9 Å². The highest BCUT2D eigenvalue weighted by Gasteiger charge is 2.47. The molecule has 35 heavy (non-hydrogen) atoms. The minimum absolute atomic E-state index is 0.115. The summed E-state index contributed by atoms with van der Waals surface area (Å²) < 4.78 is 6.22. The van der Waals surface area contributed by atoms with Crippen LogP contribution in [0.5, 0.6) is 5.75 Å². The lowest BCUT2D eigenvalue weighted by Crippen LogP contribution is -2.43. The number of benzene rings is 3. The topological polar surface area (TPSA) is 95.9 Å². The van der Waals surface area contributed by atoms with Crippen LogP contribution >= 0.6 is 0 Å². The minimum Gasteiger partial charge on any atom is -0.492 e. The van der Waals surface area contributed by atoms with Gasteiger partial charge in [0.1, 0.15) is 12.4 Å². The molecule has 0 spiro atoms. The molecule has 6 nitrogen and oxygen atoms in total. The molecule has 2 unspecified atom stereocenters. The molecule has 1 aliphatic heterocycles. The smallest absolute Gasteiger partial charge is 0.328 e. The van der Waals surface area contributed by atoms with E-state index in [1.165, 1.54) is 16.7 Å². The van der Waals surface area contributed by atoms with Gasteiger partial charge in [0.15, 0.2) is 0 Å². The summed E-state index contributed by atoms with van der Waals surface area (Å²) in [6.45, 7) is 1.66. The zero-order valence-corrected chi connectivity index (χ0v) is 19.8. The van der Waals surface area contributed by atoms with Gasteiger partial charge in [-0.05, 0) is 49.5 Å². The number of nitrogens with one attached hydrogen (secondary N) is 1. The Labute approximate surface area is 205 Å². The fraction of sp³-hybridized carbons (Fsp3) is 0.241. The van der Waals surface area contributed by atoms with Gasteiger partial charge in [-0.2, -0.15) is 0 Å². The molecule has 0 amide bonds. The fourth-order valence-corrected chi connectivity index (χ4v) is 4.68. The van der Waals surface area contributed by atoms with E-state index in [9.17, 15) is 9.59 Å². The van der Waals surface area contributed by atoms with Gasteiger partial charge >= 0.3 is 11.9 Å². The molecule has 0 saturated carbocycles. The normalized spacial score (nSPS) is 17.1. The monoisotopic (exact) mass is 473 g/mol. The molecule has 0 fully saturated rings. The number of aliphatic carboxylic acids is 2. The summed E-state index contributed by atoms with van der Waals surface area (Å²) in [5.41, 5.74) is 3.96. The molecule has 0 saturated heterocycles. The third-order valence-corrected chi connectivity index (χ3v) is 6.25. The fourth-order valence-electron chi connectivity index (χ4n) is 4.68. The molecule has 0 aliphatic carbocycles. The maximum Gasteiger partial charge on any atom is 0.328 e. The second-order valence-electron chi connectivity index (χ2n) is 8.41. The summed E-state index contributed by atoms with van der Waals surface area (Å²) in [6.07, 6.45) is 3.30. The lowest BCUT2D eigenvalue weighted by atomic mass is 9.65. The number of carboxylic acids is 2. The summed E-state index contributed by atoms with van der Waals surface area (Å²) in [5.74, 6) is -1.05. The molecule has 182 valence electrons. The molecule has 2 atom stereocenters. The Kier molecular flexibility index (Phi) is 9.21. The van der Waals surface area contributed by atoms with Crippen LogP contribution in [0.4, 0.5) is 0 Å². The maximum absolute atomic E-state index is 9.55. The quantitative estimate of drug-likeness (QED) is 0.395. The molecule has 4 rings (SSSR count). The van der Waals surface area contributed by atoms with E-state index in [2.05, 4.69) is 97.3 Å². The molecule has 3 N–H and O–H groups in total. The molecule has 6 heteroatoms. The number of carboxylic acid groups (broad SMARTS) is 2. The van der Waals surface area contributed by atoms with E-state index in [0.29, 0.717) is 24.7 Å². The highest BCUT2D eigenvalue weighted by molar-refractivity contribution is 5.89. The number of rotatable bonds is 9. The molecule has 0 bridgehead atoms. The molecule has 0 aromatic heterocycles. The van der Waals surface area contributed by atoms with Gasteiger partial charge in [0, 0.05) is 17.7 Å². The molecule has 3 aromatic rings. The average molecular weight is 474 g/mol. The van der Waals surface area contributed by atoms with Crippen LogP contribution in [0.1, 0.15) is 23.1 Å². The van der Waals surface area contributed by atoms with E-state index >= 15 is 0 Å². The summed E-state index contributed by atoms with van der Waals surface area (Å²) in [4.78, 5) is 19.1. The number of hydrogen-bond acceptors (Lipinski definition) is 4. The van der Waals surface area contributed by atoms with Crippen LogP contribution in [0.25, 0.3) is 0 Å². The second-order valence-corrected chi connectivity index (χ2v) is 8.41. The predicted molar refractivity (Wildman–Crippen MR) is 136 cm³/mol. The first-order valence-corrected chi connectivity index (χ1v) is 11.6. The number of para-hydroxylation sites is 1. The van der Waals surface area contributed by atoms with Crippen molar-refractivity contribution in [2.45, 2.75) is 18.3 Å². The van der Waals surface area contributed by atoms with Gasteiger partial charge in [0.25, 0.3) is 0 Å². The first-order chi connectivity index (χ1) is 17.0. The van der Waals surface area contributed by atoms with Crippen LogP contribution in [0, 0.1) is 5.92 Å². The van der Waals surface area contributed by atoms with Crippen LogP contribution < -0.4 is 10.1 Å². The van der Waals surface area contributed by atoms with Crippen molar-refractivity contribution in [3.63, 3.8) is 0 Å². The van der Waals surface area contributed by atoms with E-state index in [-0.39, 0.29) is 5.41 Å². The Morgan fingerprint density at radius 1 is 0.914 bits per heavy atom. The summed E-state index contributed by atoms with van der Waals surface area (Å²) >= 11 is 0. The first kappa shape index (κ1) is 25.7. The van der Waals surface area contributed by atoms with Crippen LogP contribution in [-0.2, 0) is 21.4 Å². The zero-order chi connectivity index (χ0) is 25.1. The van der Waals surface area contributed by atoms with Gasteiger partial charge in [0.05, 0.1) is 5.41 Å². The van der Waals surface area contributed by atoms with E-state index in [0.717, 1.165) is 25.1 Å². The Bertz CT molecular complexity index is 1110. The lowest BCUT2D eigenvalue weighted by molar-refractivity contribution is -0.134. The van der Waals surface area contributed by atoms with Gasteiger partial charge in [-0.3, -0.25) is 0 Å². The zero-order valence-electron chi connectivity index (χ0n) is 19.8. The Morgan fingerprint density at radius 3 is 2.09 bits per heavy atom. The minimum atomic E-state index is -1.26. The van der Waals surface area contributed by atoms with Crippen molar-refractivity contribution < 1.29 is 24.5 Å². The maximum atomic E-state index is 9.55. The van der Waals surface area contributed by atoms with Gasteiger partial charge < -0.3 is 20.3 Å². The van der Waals surface area contributed by atoms with Crippen molar-refractivity contribution in [3.05, 3.63) is 114 Å². The molecule has 0 radical (unpaired) electrons. The van der Waals surface area contributed by atoms with E-state index < -0.39 is 11.9 Å². The van der Waals surface area contributed by atoms with Gasteiger partial charge in [-0.1, -0.05) is 78.9 Å².